The first-order valence-corrected chi connectivity index (χ1v) is 12.8. The normalized spacial score (nSPS) is 15.8. The number of carbonyl (C=O) groups excluding carboxylic acids is 1. The second-order valence-electron chi connectivity index (χ2n) is 8.28. The van der Waals surface area contributed by atoms with Crippen LogP contribution in [-0.2, 0) is 6.54 Å². The van der Waals surface area contributed by atoms with Crippen molar-refractivity contribution >= 4 is 23.5 Å². The van der Waals surface area contributed by atoms with Gasteiger partial charge in [-0.05, 0) is 43.7 Å². The van der Waals surface area contributed by atoms with E-state index in [2.05, 4.69) is 58.5 Å². The molecule has 4 rings (SSSR count). The molecule has 0 radical (unpaired) electrons. The summed E-state index contributed by atoms with van der Waals surface area (Å²) >= 11 is 1.82. The molecule has 2 heterocycles. The number of nitrogens with one attached hydrogen (secondary N) is 1. The Morgan fingerprint density at radius 3 is 2.58 bits per heavy atom. The first-order chi connectivity index (χ1) is 17.4. The minimum Gasteiger partial charge on any atom is -0.415 e. The fourth-order valence-electron chi connectivity index (χ4n) is 4.07. The fourth-order valence-corrected chi connectivity index (χ4v) is 5.31. The molecule has 1 unspecified atom stereocenters. The van der Waals surface area contributed by atoms with Crippen molar-refractivity contribution in [3.8, 4) is 11.5 Å². The average Bonchev–Trinajstić information content (AvgIpc) is 3.40. The highest BCUT2D eigenvalue weighted by Crippen LogP contribution is 2.34. The molecular weight excluding hydrogens is 491 g/mol. The highest BCUT2D eigenvalue weighted by molar-refractivity contribution is 7.99. The Balaban J connectivity index is 1.34. The van der Waals surface area contributed by atoms with Gasteiger partial charge in [-0.1, -0.05) is 18.2 Å². The van der Waals surface area contributed by atoms with Gasteiger partial charge in [0.25, 0.3) is 5.89 Å². The van der Waals surface area contributed by atoms with Crippen LogP contribution in [0.5, 0.6) is 0 Å². The van der Waals surface area contributed by atoms with Gasteiger partial charge in [0.2, 0.25) is 5.89 Å². The number of anilines is 1. The van der Waals surface area contributed by atoms with Gasteiger partial charge in [0.05, 0.1) is 0 Å². The molecule has 0 saturated carbocycles. The number of aromatic nitrogens is 2. The lowest BCUT2D eigenvalue weighted by Crippen LogP contribution is -2.44. The Kier molecular flexibility index (Phi) is 8.40. The van der Waals surface area contributed by atoms with Crippen molar-refractivity contribution in [2.24, 2.45) is 0 Å². The van der Waals surface area contributed by atoms with E-state index in [-0.39, 0.29) is 34.8 Å². The van der Waals surface area contributed by atoms with Crippen molar-refractivity contribution in [3.63, 3.8) is 0 Å². The van der Waals surface area contributed by atoms with Gasteiger partial charge in [0.15, 0.2) is 0 Å². The predicted octanol–water partition coefficient (Wildman–Crippen LogP) is 5.66. The molecule has 2 amide bonds. The molecule has 192 valence electrons. The molecule has 11 heteroatoms. The summed E-state index contributed by atoms with van der Waals surface area (Å²) in [7, 11) is 0. The summed E-state index contributed by atoms with van der Waals surface area (Å²) in [6.45, 7) is 7.31. The maximum Gasteiger partial charge on any atom is 0.317 e. The number of hydrogen-bond donors (Lipinski definition) is 1. The highest BCUT2D eigenvalue weighted by atomic mass is 32.2. The molecule has 1 aliphatic rings. The number of nitrogens with zero attached hydrogens (tertiary/aromatic N) is 4. The number of hydrogen-bond acceptors (Lipinski definition) is 6. The number of thioether (sulfide) groups is 1. The molecule has 36 heavy (non-hydrogen) atoms. The van der Waals surface area contributed by atoms with Crippen LogP contribution in [0, 0.1) is 5.82 Å². The molecule has 0 spiro atoms. The molecule has 0 aliphatic carbocycles. The van der Waals surface area contributed by atoms with Gasteiger partial charge in [0, 0.05) is 60.5 Å². The summed E-state index contributed by atoms with van der Waals surface area (Å²) in [5, 5.41) is 9.72. The molecule has 1 atom stereocenters. The molecule has 1 N–H and O–H groups in total. The summed E-state index contributed by atoms with van der Waals surface area (Å²) in [6.07, 6.45) is -2.90. The number of rotatable bonds is 8. The van der Waals surface area contributed by atoms with E-state index >= 15 is 0 Å². The first-order valence-electron chi connectivity index (χ1n) is 11.8. The lowest BCUT2D eigenvalue weighted by atomic mass is 10.1. The largest absolute Gasteiger partial charge is 0.415 e. The smallest absolute Gasteiger partial charge is 0.317 e. The second-order valence-corrected chi connectivity index (χ2v) is 9.59. The summed E-state index contributed by atoms with van der Waals surface area (Å²) in [6, 6.07) is 12.3. The van der Waals surface area contributed by atoms with Gasteiger partial charge in [-0.15, -0.1) is 10.2 Å². The number of alkyl halides is 2. The maximum absolute atomic E-state index is 14.6. The predicted molar refractivity (Wildman–Crippen MR) is 134 cm³/mol. The molecule has 3 aromatic rings. The Morgan fingerprint density at radius 2 is 1.94 bits per heavy atom. The van der Waals surface area contributed by atoms with Crippen LogP contribution in [0.3, 0.4) is 0 Å². The highest BCUT2D eigenvalue weighted by Gasteiger charge is 2.25. The Morgan fingerprint density at radius 1 is 1.19 bits per heavy atom. The summed E-state index contributed by atoms with van der Waals surface area (Å²) in [5.41, 5.74) is 2.80. The zero-order valence-corrected chi connectivity index (χ0v) is 20.9. The minimum atomic E-state index is -2.90. The van der Waals surface area contributed by atoms with Crippen LogP contribution < -0.4 is 10.2 Å². The van der Waals surface area contributed by atoms with Crippen molar-refractivity contribution in [2.75, 3.05) is 36.8 Å². The van der Waals surface area contributed by atoms with E-state index in [4.69, 9.17) is 4.42 Å². The van der Waals surface area contributed by atoms with Crippen molar-refractivity contribution in [2.45, 2.75) is 32.1 Å². The van der Waals surface area contributed by atoms with Gasteiger partial charge >= 0.3 is 12.5 Å². The summed E-state index contributed by atoms with van der Waals surface area (Å²) in [5.74, 6) is -0.810. The molecule has 7 nitrogen and oxygen atoms in total. The van der Waals surface area contributed by atoms with Crippen LogP contribution in [0.15, 0.2) is 46.9 Å². The molecule has 1 aliphatic heterocycles. The van der Waals surface area contributed by atoms with Gasteiger partial charge < -0.3 is 19.5 Å². The quantitative estimate of drug-likeness (QED) is 0.414. The summed E-state index contributed by atoms with van der Waals surface area (Å²) in [4.78, 5) is 16.8. The number of benzene rings is 2. The van der Waals surface area contributed by atoms with Gasteiger partial charge in [-0.3, -0.25) is 0 Å². The van der Waals surface area contributed by atoms with E-state index in [9.17, 15) is 18.0 Å². The first kappa shape index (κ1) is 25.9. The van der Waals surface area contributed by atoms with Crippen molar-refractivity contribution in [3.05, 3.63) is 65.3 Å². The lowest BCUT2D eigenvalue weighted by molar-refractivity contribution is 0.116. The number of carbonyl (C=O) groups is 1. The third kappa shape index (κ3) is 5.95. The molecular formula is C25H28F3N5O2S. The lowest BCUT2D eigenvalue weighted by Gasteiger charge is -2.33. The number of amides is 2. The molecule has 1 fully saturated rings. The van der Waals surface area contributed by atoms with Crippen LogP contribution in [0.2, 0.25) is 0 Å². The van der Waals surface area contributed by atoms with Crippen LogP contribution >= 0.6 is 11.8 Å². The average molecular weight is 520 g/mol. The minimum absolute atomic E-state index is 0.00998. The van der Waals surface area contributed by atoms with Crippen LogP contribution in [0.4, 0.5) is 23.7 Å². The third-order valence-corrected chi connectivity index (χ3v) is 7.35. The third-order valence-electron chi connectivity index (χ3n) is 6.10. The van der Waals surface area contributed by atoms with E-state index < -0.39 is 18.1 Å². The number of urea groups is 1. The van der Waals surface area contributed by atoms with Crippen molar-refractivity contribution < 1.29 is 22.4 Å². The zero-order chi connectivity index (χ0) is 25.7. The van der Waals surface area contributed by atoms with E-state index in [1.807, 2.05) is 11.8 Å². The van der Waals surface area contributed by atoms with Crippen molar-refractivity contribution in [1.29, 1.82) is 0 Å². The molecule has 1 aromatic heterocycles. The van der Waals surface area contributed by atoms with Gasteiger partial charge in [0.1, 0.15) is 5.82 Å². The molecule has 1 saturated heterocycles. The molecule has 0 bridgehead atoms. The van der Waals surface area contributed by atoms with Crippen LogP contribution in [0.1, 0.15) is 42.5 Å². The standard InChI is InChI=1S/C25H28F3N5O2S/c1-3-32(4-2)19-9-7-16(8-10-19)21-15-33(11-12-36-21)25(34)29-14-18-6-5-17(13-20(18)26)23-30-31-24(35-23)22(27)28/h5-10,13,21-22H,3-4,11-12,14-15H2,1-2H3,(H,29,34). The zero-order valence-electron chi connectivity index (χ0n) is 20.1. The second kappa shape index (κ2) is 11.7. The maximum atomic E-state index is 14.6. The van der Waals surface area contributed by atoms with E-state index in [0.29, 0.717) is 13.1 Å². The van der Waals surface area contributed by atoms with E-state index in [1.54, 1.807) is 4.90 Å². The van der Waals surface area contributed by atoms with E-state index in [0.717, 1.165) is 24.9 Å². The summed E-state index contributed by atoms with van der Waals surface area (Å²) < 4.78 is 44.8. The van der Waals surface area contributed by atoms with Gasteiger partial charge in [-0.25, -0.2) is 9.18 Å². The van der Waals surface area contributed by atoms with Gasteiger partial charge in [-0.2, -0.15) is 20.5 Å². The molecule has 2 aromatic carbocycles. The Hall–Kier alpha value is -3.21. The topological polar surface area (TPSA) is 74.5 Å². The van der Waals surface area contributed by atoms with E-state index in [1.165, 1.54) is 23.4 Å². The Bertz CT molecular complexity index is 1170. The fraction of sp³-hybridized carbons (Fsp3) is 0.400. The van der Waals surface area contributed by atoms with Crippen LogP contribution in [-0.4, -0.2) is 53.1 Å². The SMILES string of the molecule is CCN(CC)c1ccc(C2CN(C(=O)NCc3ccc(-c4nnc(C(F)F)o4)cc3F)CCS2)cc1. The monoisotopic (exact) mass is 519 g/mol. The number of halogens is 3. The Labute approximate surface area is 212 Å². The van der Waals surface area contributed by atoms with Crippen LogP contribution in [0.25, 0.3) is 11.5 Å². The van der Waals surface area contributed by atoms with Crippen molar-refractivity contribution in [1.82, 2.24) is 20.4 Å².